The van der Waals surface area contributed by atoms with Crippen molar-refractivity contribution in [2.75, 3.05) is 38.3 Å². The van der Waals surface area contributed by atoms with Crippen LogP contribution in [0.3, 0.4) is 0 Å². The van der Waals surface area contributed by atoms with E-state index >= 15 is 0 Å². The lowest BCUT2D eigenvalue weighted by Gasteiger charge is -2.46. The average molecular weight is 395 g/mol. The van der Waals surface area contributed by atoms with Crippen LogP contribution in [0.25, 0.3) is 0 Å². The molecule has 0 spiro atoms. The Bertz CT molecular complexity index is 744. The van der Waals surface area contributed by atoms with Crippen molar-refractivity contribution in [1.82, 2.24) is 4.90 Å². The van der Waals surface area contributed by atoms with E-state index in [1.54, 1.807) is 0 Å². The highest BCUT2D eigenvalue weighted by atomic mass is 16.5. The molecule has 1 heterocycles. The topological polar surface area (TPSA) is 32.8 Å². The zero-order valence-corrected chi connectivity index (χ0v) is 17.8. The number of anilines is 1. The first-order valence-corrected chi connectivity index (χ1v) is 10.9. The van der Waals surface area contributed by atoms with Crippen molar-refractivity contribution in [3.8, 4) is 0 Å². The number of para-hydroxylation sites is 1. The Kier molecular flexibility index (Phi) is 7.84. The molecule has 1 amide bonds. The third-order valence-corrected chi connectivity index (χ3v) is 6.00. The fourth-order valence-corrected chi connectivity index (χ4v) is 4.35. The van der Waals surface area contributed by atoms with Gasteiger partial charge in [0.15, 0.2) is 0 Å². The minimum Gasteiger partial charge on any atom is -0.379 e. The van der Waals surface area contributed by atoms with Crippen LogP contribution in [0.1, 0.15) is 38.2 Å². The number of benzene rings is 2. The number of morpholine rings is 1. The molecule has 0 aliphatic carbocycles. The van der Waals surface area contributed by atoms with Gasteiger partial charge in [0, 0.05) is 25.8 Å². The molecular formula is C25H34N2O2. The number of hydrogen-bond acceptors (Lipinski definition) is 3. The summed E-state index contributed by atoms with van der Waals surface area (Å²) in [5, 5.41) is 0. The van der Waals surface area contributed by atoms with Crippen molar-refractivity contribution in [3.05, 3.63) is 66.2 Å². The van der Waals surface area contributed by atoms with Gasteiger partial charge in [-0.05, 0) is 30.5 Å². The number of rotatable bonds is 9. The quantitative estimate of drug-likeness (QED) is 0.585. The van der Waals surface area contributed by atoms with Crippen molar-refractivity contribution < 1.29 is 9.53 Å². The van der Waals surface area contributed by atoms with Gasteiger partial charge in [-0.2, -0.15) is 0 Å². The normalized spacial score (nSPS) is 16.9. The highest BCUT2D eigenvalue weighted by Crippen LogP contribution is 2.32. The Morgan fingerprint density at radius 1 is 1.00 bits per heavy atom. The van der Waals surface area contributed by atoms with Gasteiger partial charge in [0.25, 0.3) is 0 Å². The van der Waals surface area contributed by atoms with Gasteiger partial charge in [-0.3, -0.25) is 9.69 Å². The molecule has 1 aliphatic rings. The number of unbranched alkanes of at least 4 members (excludes halogenated alkanes) is 2. The average Bonchev–Trinajstić information content (AvgIpc) is 2.79. The van der Waals surface area contributed by atoms with Crippen molar-refractivity contribution >= 4 is 11.6 Å². The Morgan fingerprint density at radius 2 is 1.62 bits per heavy atom. The van der Waals surface area contributed by atoms with E-state index in [2.05, 4.69) is 36.1 Å². The van der Waals surface area contributed by atoms with E-state index in [4.69, 9.17) is 4.74 Å². The Morgan fingerprint density at radius 3 is 2.24 bits per heavy atom. The molecule has 156 valence electrons. The third-order valence-electron chi connectivity index (χ3n) is 6.00. The largest absolute Gasteiger partial charge is 0.379 e. The van der Waals surface area contributed by atoms with Gasteiger partial charge in [-0.25, -0.2) is 0 Å². The summed E-state index contributed by atoms with van der Waals surface area (Å²) in [5.74, 6) is 0.186. The number of likely N-dealkylation sites (N-methyl/N-ethyl adjacent to an activating group) is 1. The fraction of sp³-hybridized carbons (Fsp3) is 0.480. The Balaban J connectivity index is 1.99. The summed E-state index contributed by atoms with van der Waals surface area (Å²) in [4.78, 5) is 18.3. The highest BCUT2D eigenvalue weighted by molar-refractivity contribution is 6.00. The van der Waals surface area contributed by atoms with Crippen LogP contribution in [0.2, 0.25) is 0 Å². The standard InChI is InChI=1S/C25H34N2O2/c1-3-4-11-16-25(27-17-19-29-20-18-27,21-22-12-7-5-8-13-22)24(28)26(2)23-14-9-6-10-15-23/h5-10,12-15H,3-4,11,16-21H2,1-2H3. The molecule has 0 saturated carbocycles. The molecule has 1 fully saturated rings. The lowest BCUT2D eigenvalue weighted by atomic mass is 9.82. The maximum Gasteiger partial charge on any atom is 0.247 e. The molecule has 0 aromatic heterocycles. The number of ether oxygens (including phenoxy) is 1. The van der Waals surface area contributed by atoms with Crippen molar-refractivity contribution in [3.63, 3.8) is 0 Å². The molecule has 2 aromatic rings. The number of nitrogens with zero attached hydrogens (tertiary/aromatic N) is 2. The summed E-state index contributed by atoms with van der Waals surface area (Å²) in [5.41, 5.74) is 1.61. The summed E-state index contributed by atoms with van der Waals surface area (Å²) in [6, 6.07) is 20.4. The fourth-order valence-electron chi connectivity index (χ4n) is 4.35. The smallest absolute Gasteiger partial charge is 0.247 e. The maximum atomic E-state index is 14.1. The van der Waals surface area contributed by atoms with Gasteiger partial charge >= 0.3 is 0 Å². The lowest BCUT2D eigenvalue weighted by molar-refractivity contribution is -0.135. The predicted octanol–water partition coefficient (Wildman–Crippen LogP) is 4.54. The second kappa shape index (κ2) is 10.6. The van der Waals surface area contributed by atoms with Gasteiger partial charge in [-0.15, -0.1) is 0 Å². The van der Waals surface area contributed by atoms with E-state index in [0.29, 0.717) is 13.2 Å². The summed E-state index contributed by atoms with van der Waals surface area (Å²) >= 11 is 0. The van der Waals surface area contributed by atoms with Crippen LogP contribution in [-0.2, 0) is 16.0 Å². The van der Waals surface area contributed by atoms with Crippen LogP contribution < -0.4 is 4.90 Å². The van der Waals surface area contributed by atoms with Crippen molar-refractivity contribution in [2.45, 2.75) is 44.6 Å². The van der Waals surface area contributed by atoms with Gasteiger partial charge in [0.05, 0.1) is 13.2 Å². The van der Waals surface area contributed by atoms with E-state index < -0.39 is 5.54 Å². The van der Waals surface area contributed by atoms with E-state index in [-0.39, 0.29) is 5.91 Å². The minimum absolute atomic E-state index is 0.186. The first-order chi connectivity index (χ1) is 14.2. The molecule has 4 heteroatoms. The van der Waals surface area contributed by atoms with E-state index in [1.165, 1.54) is 5.56 Å². The lowest BCUT2D eigenvalue weighted by Crippen LogP contribution is -2.63. The molecule has 2 aromatic carbocycles. The van der Waals surface area contributed by atoms with Gasteiger partial charge in [0.1, 0.15) is 5.54 Å². The molecule has 29 heavy (non-hydrogen) atoms. The predicted molar refractivity (Wildman–Crippen MR) is 119 cm³/mol. The minimum atomic E-state index is -0.551. The second-order valence-corrected chi connectivity index (χ2v) is 7.95. The maximum absolute atomic E-state index is 14.1. The van der Waals surface area contributed by atoms with E-state index in [1.807, 2.05) is 48.3 Å². The summed E-state index contributed by atoms with van der Waals surface area (Å²) in [6.45, 7) is 5.19. The molecular weight excluding hydrogens is 360 g/mol. The van der Waals surface area contributed by atoms with Gasteiger partial charge in [0.2, 0.25) is 5.91 Å². The number of carbonyl (C=O) groups is 1. The zero-order valence-electron chi connectivity index (χ0n) is 17.8. The molecule has 1 aliphatic heterocycles. The van der Waals surface area contributed by atoms with Crippen LogP contribution >= 0.6 is 0 Å². The number of carbonyl (C=O) groups excluding carboxylic acids is 1. The van der Waals surface area contributed by atoms with E-state index in [9.17, 15) is 4.79 Å². The number of amides is 1. The second-order valence-electron chi connectivity index (χ2n) is 7.95. The highest BCUT2D eigenvalue weighted by Gasteiger charge is 2.45. The van der Waals surface area contributed by atoms with Crippen LogP contribution in [-0.4, -0.2) is 49.7 Å². The summed E-state index contributed by atoms with van der Waals surface area (Å²) < 4.78 is 5.63. The van der Waals surface area contributed by atoms with Gasteiger partial charge < -0.3 is 9.64 Å². The van der Waals surface area contributed by atoms with Crippen molar-refractivity contribution in [1.29, 1.82) is 0 Å². The van der Waals surface area contributed by atoms with Crippen LogP contribution in [0, 0.1) is 0 Å². The SMILES string of the molecule is CCCCCC(Cc1ccccc1)(C(=O)N(C)c1ccccc1)N1CCOCC1. The Hall–Kier alpha value is -2.17. The molecule has 0 N–H and O–H groups in total. The molecule has 3 rings (SSSR count). The molecule has 1 unspecified atom stereocenters. The van der Waals surface area contributed by atoms with E-state index in [0.717, 1.165) is 50.9 Å². The first kappa shape index (κ1) is 21.5. The summed E-state index contributed by atoms with van der Waals surface area (Å²) in [7, 11) is 1.91. The summed E-state index contributed by atoms with van der Waals surface area (Å²) in [6.07, 6.45) is 4.94. The molecule has 1 saturated heterocycles. The molecule has 0 bridgehead atoms. The number of hydrogen-bond donors (Lipinski definition) is 0. The van der Waals surface area contributed by atoms with Crippen LogP contribution in [0.15, 0.2) is 60.7 Å². The molecule has 0 radical (unpaired) electrons. The zero-order chi connectivity index (χ0) is 20.5. The molecule has 1 atom stereocenters. The third kappa shape index (κ3) is 5.26. The monoisotopic (exact) mass is 394 g/mol. The Labute approximate surface area is 175 Å². The van der Waals surface area contributed by atoms with Gasteiger partial charge in [-0.1, -0.05) is 74.7 Å². The first-order valence-electron chi connectivity index (χ1n) is 10.9. The van der Waals surface area contributed by atoms with Crippen LogP contribution in [0.5, 0.6) is 0 Å². The molecule has 4 nitrogen and oxygen atoms in total. The van der Waals surface area contributed by atoms with Crippen molar-refractivity contribution in [2.24, 2.45) is 0 Å². The van der Waals surface area contributed by atoms with Crippen LogP contribution in [0.4, 0.5) is 5.69 Å².